The van der Waals surface area contributed by atoms with E-state index in [1.54, 1.807) is 0 Å². The maximum absolute atomic E-state index is 8.11. The summed E-state index contributed by atoms with van der Waals surface area (Å²) in [4.78, 5) is 0. The highest BCUT2D eigenvalue weighted by molar-refractivity contribution is 8.49. The second-order valence-corrected chi connectivity index (χ2v) is 33.7. The topological polar surface area (TPSA) is 27.7 Å². The molecule has 0 aromatic carbocycles. The zero-order valence-corrected chi connectivity index (χ0v) is 33.4. The molecular formula is C32H72O3SSi4. The minimum atomic E-state index is -2.40. The molecular weight excluding hydrogens is 577 g/mol. The molecule has 1 saturated heterocycles. The third-order valence-corrected chi connectivity index (χ3v) is 40.3. The Bertz CT molecular complexity index is 473. The molecule has 0 saturated carbocycles. The largest absolute Gasteiger partial charge is 0.428 e. The lowest BCUT2D eigenvalue weighted by Gasteiger charge is -2.54. The second kappa shape index (κ2) is 21.7. The van der Waals surface area contributed by atoms with E-state index in [2.05, 4.69) is 66.1 Å². The summed E-state index contributed by atoms with van der Waals surface area (Å²) in [5.74, 6) is 0. The lowest BCUT2D eigenvalue weighted by molar-refractivity contribution is 0.294. The molecule has 1 heterocycles. The maximum atomic E-state index is 8.11. The number of unbranched alkanes of at least 4 members (excludes halogenated alkanes) is 8. The van der Waals surface area contributed by atoms with E-state index in [4.69, 9.17) is 12.3 Å². The van der Waals surface area contributed by atoms with Crippen molar-refractivity contribution in [2.45, 2.75) is 206 Å². The molecule has 240 valence electrons. The normalized spacial score (nSPS) is 19.8. The molecule has 0 amide bonds. The van der Waals surface area contributed by atoms with E-state index in [1.165, 1.54) is 151 Å². The molecule has 0 spiro atoms. The first-order valence-electron chi connectivity index (χ1n) is 18.1. The Balaban J connectivity index is 3.91. The van der Waals surface area contributed by atoms with Crippen LogP contribution in [0.5, 0.6) is 0 Å². The second-order valence-electron chi connectivity index (χ2n) is 12.9. The summed E-state index contributed by atoms with van der Waals surface area (Å²) in [6, 6.07) is 10.1. The fourth-order valence-corrected chi connectivity index (χ4v) is 50.5. The standard InChI is InChI=1S/C32H72O3SSi4/c1-9-17-25-37(26-18-10-2)33-38(27-19-11-3,28-20-12-4)35-40(31-23-15-7,32-24-16-8)36-39(34-37,29-21-13-5)30-22-14-6/h9-32H2,1-8H3. The lowest BCUT2D eigenvalue weighted by atomic mass is 10.4. The van der Waals surface area contributed by atoms with Gasteiger partial charge in [-0.3, -0.25) is 0 Å². The van der Waals surface area contributed by atoms with Crippen molar-refractivity contribution in [3.63, 3.8) is 0 Å². The third kappa shape index (κ3) is 13.4. The van der Waals surface area contributed by atoms with Crippen molar-refractivity contribution in [1.82, 2.24) is 0 Å². The molecule has 0 aromatic heterocycles. The van der Waals surface area contributed by atoms with Crippen molar-refractivity contribution >= 4 is 42.7 Å². The Labute approximate surface area is 260 Å². The van der Waals surface area contributed by atoms with Crippen LogP contribution in [0.1, 0.15) is 158 Å². The van der Waals surface area contributed by atoms with E-state index >= 15 is 0 Å². The Morgan fingerprint density at radius 3 is 0.775 bits per heavy atom. The summed E-state index contributed by atoms with van der Waals surface area (Å²) in [7, 11) is -6.51. The Kier molecular flexibility index (Phi) is 21.3. The van der Waals surface area contributed by atoms with Crippen LogP contribution in [0.3, 0.4) is 0 Å². The third-order valence-electron chi connectivity index (χ3n) is 8.78. The average molecular weight is 649 g/mol. The van der Waals surface area contributed by atoms with Crippen LogP contribution in [0.4, 0.5) is 0 Å². The van der Waals surface area contributed by atoms with Gasteiger partial charge in [0.25, 0.3) is 0 Å². The van der Waals surface area contributed by atoms with Crippen molar-refractivity contribution in [1.29, 1.82) is 0 Å². The molecule has 40 heavy (non-hydrogen) atoms. The van der Waals surface area contributed by atoms with Crippen LogP contribution in [0, 0.1) is 0 Å². The van der Waals surface area contributed by atoms with Crippen LogP contribution in [0.2, 0.25) is 48.4 Å². The summed E-state index contributed by atoms with van der Waals surface area (Å²) >= 11 is 0. The van der Waals surface area contributed by atoms with Crippen LogP contribution < -0.4 is 0 Å². The van der Waals surface area contributed by atoms with Crippen LogP contribution in [0.25, 0.3) is 0 Å². The van der Waals surface area contributed by atoms with Gasteiger partial charge in [0.15, 0.2) is 0 Å². The molecule has 0 atom stereocenters. The van der Waals surface area contributed by atoms with Gasteiger partial charge < -0.3 is 12.3 Å². The summed E-state index contributed by atoms with van der Waals surface area (Å²) in [6.45, 7) is 19.0. The first kappa shape index (κ1) is 39.1. The molecule has 0 radical (unpaired) electrons. The minimum Gasteiger partial charge on any atom is -0.428 e. The zero-order chi connectivity index (χ0) is 29.8. The summed E-state index contributed by atoms with van der Waals surface area (Å²) in [6.07, 6.45) is 20.3. The fourth-order valence-electron chi connectivity index (χ4n) is 6.32. The molecule has 3 nitrogen and oxygen atoms in total. The molecule has 1 rings (SSSR count). The Morgan fingerprint density at radius 1 is 0.325 bits per heavy atom. The van der Waals surface area contributed by atoms with Crippen molar-refractivity contribution in [2.24, 2.45) is 0 Å². The van der Waals surface area contributed by atoms with Gasteiger partial charge in [-0.2, -0.15) is 10.7 Å². The highest BCUT2D eigenvalue weighted by Gasteiger charge is 2.60. The van der Waals surface area contributed by atoms with E-state index in [0.29, 0.717) is 0 Å². The van der Waals surface area contributed by atoms with Gasteiger partial charge in [0.1, 0.15) is 0 Å². The molecule has 0 unspecified atom stereocenters. The van der Waals surface area contributed by atoms with Crippen LogP contribution in [0.15, 0.2) is 0 Å². The minimum absolute atomic E-state index is 1.20. The van der Waals surface area contributed by atoms with Gasteiger partial charge in [0, 0.05) is 0 Å². The highest BCUT2D eigenvalue weighted by Crippen LogP contribution is 2.52. The van der Waals surface area contributed by atoms with Gasteiger partial charge in [-0.05, 0) is 48.4 Å². The van der Waals surface area contributed by atoms with Crippen molar-refractivity contribution in [3.8, 4) is 0 Å². The zero-order valence-electron chi connectivity index (χ0n) is 28.6. The van der Waals surface area contributed by atoms with Crippen LogP contribution >= 0.6 is 10.7 Å². The fraction of sp³-hybridized carbons (Fsp3) is 1.00. The van der Waals surface area contributed by atoms with Crippen molar-refractivity contribution < 1.29 is 12.3 Å². The first-order valence-corrected chi connectivity index (χ1v) is 29.5. The molecule has 0 aliphatic carbocycles. The Morgan fingerprint density at radius 2 is 0.550 bits per heavy atom. The van der Waals surface area contributed by atoms with Gasteiger partial charge in [-0.1, -0.05) is 158 Å². The number of hydrogen-bond acceptors (Lipinski definition) is 4. The quantitative estimate of drug-likeness (QED) is 0.0973. The van der Waals surface area contributed by atoms with Gasteiger partial charge >= 0.3 is 17.1 Å². The number of hydrogen-bond donors (Lipinski definition) is 0. The predicted molar refractivity (Wildman–Crippen MR) is 192 cm³/mol. The average Bonchev–Trinajstić information content (AvgIpc) is 2.96. The monoisotopic (exact) mass is 648 g/mol. The van der Waals surface area contributed by atoms with E-state index in [0.717, 1.165) is 0 Å². The van der Waals surface area contributed by atoms with Gasteiger partial charge in [0.05, 0.1) is 0 Å². The van der Waals surface area contributed by atoms with Gasteiger partial charge in [0.2, 0.25) is 14.9 Å². The highest BCUT2D eigenvalue weighted by atomic mass is 32.5. The molecule has 0 bridgehead atoms. The van der Waals surface area contributed by atoms with E-state index < -0.39 is 32.1 Å². The molecule has 8 heteroatoms. The molecule has 0 aromatic rings. The van der Waals surface area contributed by atoms with E-state index in [9.17, 15) is 0 Å². The van der Waals surface area contributed by atoms with Crippen molar-refractivity contribution in [2.75, 3.05) is 0 Å². The Hall–Kier alpha value is 1.10. The van der Waals surface area contributed by atoms with E-state index in [-0.39, 0.29) is 0 Å². The molecule has 1 fully saturated rings. The number of rotatable bonds is 24. The van der Waals surface area contributed by atoms with E-state index in [1.807, 2.05) is 0 Å². The summed E-state index contributed by atoms with van der Waals surface area (Å²) in [5, 5.41) is 0. The predicted octanol–water partition coefficient (Wildman–Crippen LogP) is 13.0. The van der Waals surface area contributed by atoms with Gasteiger partial charge in [-0.15, -0.1) is 0 Å². The maximum Gasteiger partial charge on any atom is 0.319 e. The molecule has 1 aliphatic rings. The van der Waals surface area contributed by atoms with Crippen molar-refractivity contribution in [3.05, 3.63) is 0 Å². The first-order chi connectivity index (χ1) is 19.3. The summed E-state index contributed by atoms with van der Waals surface area (Å²) in [5.41, 5.74) is 0. The summed E-state index contributed by atoms with van der Waals surface area (Å²) < 4.78 is 24.2. The van der Waals surface area contributed by atoms with Crippen LogP contribution in [-0.4, -0.2) is 32.1 Å². The van der Waals surface area contributed by atoms with Crippen LogP contribution in [-0.2, 0) is 12.3 Å². The molecule has 1 aliphatic heterocycles. The van der Waals surface area contributed by atoms with Gasteiger partial charge in [-0.25, -0.2) is 0 Å². The lowest BCUT2D eigenvalue weighted by Crippen LogP contribution is -2.66. The SMILES string of the molecule is CCCC[Si]1(CCCC)O[Si](CCCC)(CCCC)O[Si](CCCC)(CCCC)S[Si](CCCC)(CCCC)O1. The molecule has 0 N–H and O–H groups in total. The smallest absolute Gasteiger partial charge is 0.319 e.